The molecular weight excluding hydrogens is 212 g/mol. The summed E-state index contributed by atoms with van der Waals surface area (Å²) >= 11 is 0. The molecule has 0 spiro atoms. The zero-order chi connectivity index (χ0) is 12.8. The van der Waals surface area contributed by atoms with Gasteiger partial charge in [0.05, 0.1) is 0 Å². The second-order valence-electron chi connectivity index (χ2n) is 5.27. The molecule has 0 radical (unpaired) electrons. The fraction of sp³-hybridized carbons (Fsp3) is 0.923. The van der Waals surface area contributed by atoms with E-state index in [0.29, 0.717) is 18.0 Å². The Morgan fingerprint density at radius 3 is 2.59 bits per heavy atom. The maximum Gasteiger partial charge on any atom is 0.191 e. The minimum atomic E-state index is 0.514. The van der Waals surface area contributed by atoms with Gasteiger partial charge in [-0.25, -0.2) is 0 Å². The molecule has 1 fully saturated rings. The van der Waals surface area contributed by atoms with Gasteiger partial charge in [-0.2, -0.15) is 0 Å². The quantitative estimate of drug-likeness (QED) is 0.574. The molecule has 0 aromatic heterocycles. The molecule has 1 aliphatic rings. The molecule has 17 heavy (non-hydrogen) atoms. The summed E-state index contributed by atoms with van der Waals surface area (Å²) in [6.45, 7) is 12.3. The summed E-state index contributed by atoms with van der Waals surface area (Å²) in [5.74, 6) is 1.62. The van der Waals surface area contributed by atoms with Crippen molar-refractivity contribution in [2.45, 2.75) is 46.2 Å². The minimum absolute atomic E-state index is 0.514. The Labute approximate surface area is 106 Å². The van der Waals surface area contributed by atoms with Crippen LogP contribution in [0.3, 0.4) is 0 Å². The van der Waals surface area contributed by atoms with Crippen LogP contribution in [0.1, 0.15) is 34.1 Å². The average molecular weight is 240 g/mol. The summed E-state index contributed by atoms with van der Waals surface area (Å²) < 4.78 is 0. The highest BCUT2D eigenvalue weighted by Gasteiger charge is 2.31. The molecule has 2 unspecified atom stereocenters. The highest BCUT2D eigenvalue weighted by atomic mass is 15.3. The lowest BCUT2D eigenvalue weighted by atomic mass is 10.1. The van der Waals surface area contributed by atoms with Gasteiger partial charge in [-0.15, -0.1) is 0 Å². The third-order valence-corrected chi connectivity index (χ3v) is 3.46. The van der Waals surface area contributed by atoms with Crippen LogP contribution in [0.5, 0.6) is 0 Å². The molecule has 0 aliphatic carbocycles. The number of hydrogen-bond acceptors (Lipinski definition) is 2. The van der Waals surface area contributed by atoms with Crippen molar-refractivity contribution in [3.05, 3.63) is 0 Å². The third kappa shape index (κ3) is 4.19. The molecule has 0 bridgehead atoms. The first-order valence-corrected chi connectivity index (χ1v) is 6.79. The molecule has 1 aliphatic heterocycles. The van der Waals surface area contributed by atoms with E-state index in [9.17, 15) is 0 Å². The van der Waals surface area contributed by atoms with Gasteiger partial charge >= 0.3 is 0 Å². The first-order valence-electron chi connectivity index (χ1n) is 6.79. The van der Waals surface area contributed by atoms with E-state index in [2.05, 4.69) is 48.2 Å². The first kappa shape index (κ1) is 14.3. The molecule has 1 rings (SSSR count). The van der Waals surface area contributed by atoms with Gasteiger partial charge in [0.15, 0.2) is 5.96 Å². The van der Waals surface area contributed by atoms with Crippen LogP contribution in [0.4, 0.5) is 0 Å². The number of likely N-dealkylation sites (tertiary alicyclic amines) is 1. The maximum absolute atomic E-state index is 4.27. The lowest BCUT2D eigenvalue weighted by Crippen LogP contribution is -2.46. The Morgan fingerprint density at radius 2 is 2.12 bits per heavy atom. The van der Waals surface area contributed by atoms with Gasteiger partial charge in [0.1, 0.15) is 0 Å². The van der Waals surface area contributed by atoms with Gasteiger partial charge in [0, 0.05) is 38.8 Å². The van der Waals surface area contributed by atoms with Crippen molar-refractivity contribution in [3.63, 3.8) is 0 Å². The van der Waals surface area contributed by atoms with Crippen LogP contribution in [-0.4, -0.2) is 49.6 Å². The number of aliphatic imine (C=N–C) groups is 1. The SMILES string of the molecule is CCCNC(=NC)NC1CN(C(C)C)CC1C. The summed E-state index contributed by atoms with van der Waals surface area (Å²) in [7, 11) is 1.84. The van der Waals surface area contributed by atoms with E-state index in [1.165, 1.54) is 6.54 Å². The van der Waals surface area contributed by atoms with Crippen molar-refractivity contribution >= 4 is 5.96 Å². The van der Waals surface area contributed by atoms with Crippen LogP contribution in [0, 0.1) is 5.92 Å². The smallest absolute Gasteiger partial charge is 0.191 e. The van der Waals surface area contributed by atoms with Crippen LogP contribution < -0.4 is 10.6 Å². The van der Waals surface area contributed by atoms with E-state index < -0.39 is 0 Å². The van der Waals surface area contributed by atoms with E-state index in [1.54, 1.807) is 0 Å². The van der Waals surface area contributed by atoms with Crippen molar-refractivity contribution < 1.29 is 0 Å². The van der Waals surface area contributed by atoms with Gasteiger partial charge in [-0.05, 0) is 26.2 Å². The van der Waals surface area contributed by atoms with E-state index in [1.807, 2.05) is 7.05 Å². The summed E-state index contributed by atoms with van der Waals surface area (Å²) in [6.07, 6.45) is 1.12. The van der Waals surface area contributed by atoms with Crippen molar-refractivity contribution in [2.24, 2.45) is 10.9 Å². The fourth-order valence-electron chi connectivity index (χ4n) is 2.23. The summed E-state index contributed by atoms with van der Waals surface area (Å²) in [4.78, 5) is 6.79. The van der Waals surface area contributed by atoms with Gasteiger partial charge in [-0.1, -0.05) is 13.8 Å². The van der Waals surface area contributed by atoms with Crippen LogP contribution >= 0.6 is 0 Å². The van der Waals surface area contributed by atoms with Crippen molar-refractivity contribution in [3.8, 4) is 0 Å². The summed E-state index contributed by atoms with van der Waals surface area (Å²) in [5, 5.41) is 6.86. The highest BCUT2D eigenvalue weighted by Crippen LogP contribution is 2.18. The lowest BCUT2D eigenvalue weighted by molar-refractivity contribution is 0.265. The van der Waals surface area contributed by atoms with Gasteiger partial charge in [0.25, 0.3) is 0 Å². The lowest BCUT2D eigenvalue weighted by Gasteiger charge is -2.21. The normalized spacial score (nSPS) is 26.6. The second-order valence-corrected chi connectivity index (χ2v) is 5.27. The Hall–Kier alpha value is -0.770. The molecule has 0 saturated carbocycles. The molecular formula is C13H28N4. The molecule has 2 N–H and O–H groups in total. The zero-order valence-electron chi connectivity index (χ0n) is 12.0. The fourth-order valence-corrected chi connectivity index (χ4v) is 2.23. The highest BCUT2D eigenvalue weighted by molar-refractivity contribution is 5.80. The molecule has 1 saturated heterocycles. The van der Waals surface area contributed by atoms with Gasteiger partial charge < -0.3 is 10.6 Å². The van der Waals surface area contributed by atoms with Crippen molar-refractivity contribution in [1.82, 2.24) is 15.5 Å². The van der Waals surface area contributed by atoms with E-state index in [0.717, 1.165) is 25.5 Å². The number of hydrogen-bond donors (Lipinski definition) is 2. The summed E-state index contributed by atoms with van der Waals surface area (Å²) in [6, 6.07) is 1.15. The predicted octanol–water partition coefficient (Wildman–Crippen LogP) is 1.29. The molecule has 4 nitrogen and oxygen atoms in total. The van der Waals surface area contributed by atoms with Crippen molar-refractivity contribution in [1.29, 1.82) is 0 Å². The molecule has 0 amide bonds. The minimum Gasteiger partial charge on any atom is -0.356 e. The topological polar surface area (TPSA) is 39.7 Å². The van der Waals surface area contributed by atoms with Crippen LogP contribution in [0.25, 0.3) is 0 Å². The molecule has 0 aromatic carbocycles. The number of rotatable bonds is 4. The summed E-state index contributed by atoms with van der Waals surface area (Å²) in [5.41, 5.74) is 0. The maximum atomic E-state index is 4.27. The molecule has 0 aromatic rings. The number of nitrogens with zero attached hydrogens (tertiary/aromatic N) is 2. The monoisotopic (exact) mass is 240 g/mol. The zero-order valence-corrected chi connectivity index (χ0v) is 12.0. The predicted molar refractivity (Wildman–Crippen MR) is 74.4 cm³/mol. The Kier molecular flexibility index (Phi) is 5.75. The molecule has 4 heteroatoms. The Balaban J connectivity index is 2.45. The van der Waals surface area contributed by atoms with Crippen molar-refractivity contribution in [2.75, 3.05) is 26.7 Å². The number of guanidine groups is 1. The molecule has 100 valence electrons. The largest absolute Gasteiger partial charge is 0.356 e. The Bertz CT molecular complexity index is 250. The van der Waals surface area contributed by atoms with Crippen LogP contribution in [0.2, 0.25) is 0 Å². The number of nitrogens with one attached hydrogen (secondary N) is 2. The van der Waals surface area contributed by atoms with E-state index in [-0.39, 0.29) is 0 Å². The van der Waals surface area contributed by atoms with Gasteiger partial charge in [0.2, 0.25) is 0 Å². The van der Waals surface area contributed by atoms with E-state index >= 15 is 0 Å². The third-order valence-electron chi connectivity index (χ3n) is 3.46. The standard InChI is InChI=1S/C13H28N4/c1-6-7-15-13(14-5)16-12-9-17(10(2)3)8-11(12)4/h10-12H,6-9H2,1-5H3,(H2,14,15,16). The molecule has 1 heterocycles. The Morgan fingerprint density at radius 1 is 1.41 bits per heavy atom. The average Bonchev–Trinajstić information content (AvgIpc) is 2.66. The molecule has 2 atom stereocenters. The van der Waals surface area contributed by atoms with Crippen LogP contribution in [0.15, 0.2) is 4.99 Å². The van der Waals surface area contributed by atoms with E-state index in [4.69, 9.17) is 0 Å². The first-order chi connectivity index (χ1) is 8.08. The second kappa shape index (κ2) is 6.84. The van der Waals surface area contributed by atoms with Crippen LogP contribution in [-0.2, 0) is 0 Å². The van der Waals surface area contributed by atoms with Gasteiger partial charge in [-0.3, -0.25) is 9.89 Å².